The first-order valence-electron chi connectivity index (χ1n) is 7.43. The molecule has 22 heavy (non-hydrogen) atoms. The van der Waals surface area contributed by atoms with Crippen molar-refractivity contribution in [1.29, 1.82) is 0 Å². The number of nitrogens with two attached hydrogens (primary N) is 1. The van der Waals surface area contributed by atoms with E-state index < -0.39 is 10.0 Å². The third-order valence-corrected chi connectivity index (χ3v) is 5.60. The summed E-state index contributed by atoms with van der Waals surface area (Å²) in [4.78, 5) is 0. The van der Waals surface area contributed by atoms with Crippen LogP contribution < -0.4 is 5.73 Å². The summed E-state index contributed by atoms with van der Waals surface area (Å²) < 4.78 is 33.9. The fourth-order valence-electron chi connectivity index (χ4n) is 2.48. The van der Waals surface area contributed by atoms with Gasteiger partial charge in [-0.2, -0.15) is 9.40 Å². The molecule has 1 saturated heterocycles. The first-order chi connectivity index (χ1) is 10.1. The first kappa shape index (κ1) is 19.4. The molecule has 0 saturated carbocycles. The number of piperidine rings is 1. The summed E-state index contributed by atoms with van der Waals surface area (Å²) in [6.07, 6.45) is 3.96. The molecule has 0 radical (unpaired) electrons. The molecular weight excluding hydrogens is 328 g/mol. The van der Waals surface area contributed by atoms with Crippen LogP contribution in [0.4, 0.5) is 0 Å². The van der Waals surface area contributed by atoms with Crippen LogP contribution >= 0.6 is 12.4 Å². The molecule has 1 aliphatic heterocycles. The molecule has 0 spiro atoms. The van der Waals surface area contributed by atoms with E-state index in [1.54, 1.807) is 6.07 Å². The SMILES string of the molecule is CCn1nccc1S(=O)(=O)N1CCC(OCCCN)CC1.Cl. The lowest BCUT2D eigenvalue weighted by Crippen LogP contribution is -2.41. The van der Waals surface area contributed by atoms with Crippen molar-refractivity contribution in [2.75, 3.05) is 26.2 Å². The molecule has 2 heterocycles. The molecule has 0 unspecified atom stereocenters. The summed E-state index contributed by atoms with van der Waals surface area (Å²) in [6, 6.07) is 1.56. The molecule has 2 N–H and O–H groups in total. The van der Waals surface area contributed by atoms with E-state index in [4.69, 9.17) is 10.5 Å². The smallest absolute Gasteiger partial charge is 0.260 e. The molecule has 2 rings (SSSR count). The van der Waals surface area contributed by atoms with E-state index in [-0.39, 0.29) is 23.5 Å². The number of aromatic nitrogens is 2. The zero-order valence-electron chi connectivity index (χ0n) is 12.8. The molecule has 0 bridgehead atoms. The number of hydrogen-bond acceptors (Lipinski definition) is 5. The largest absolute Gasteiger partial charge is 0.378 e. The summed E-state index contributed by atoms with van der Waals surface area (Å²) in [5, 5.41) is 4.31. The average Bonchev–Trinajstić information content (AvgIpc) is 2.97. The summed E-state index contributed by atoms with van der Waals surface area (Å²) in [5.41, 5.74) is 5.43. The van der Waals surface area contributed by atoms with Gasteiger partial charge in [0, 0.05) is 26.2 Å². The Bertz CT molecular complexity index is 541. The van der Waals surface area contributed by atoms with E-state index in [9.17, 15) is 8.42 Å². The predicted molar refractivity (Wildman–Crippen MR) is 86.6 cm³/mol. The highest BCUT2D eigenvalue weighted by Gasteiger charge is 2.31. The topological polar surface area (TPSA) is 90.5 Å². The molecule has 0 amide bonds. The second-order valence-corrected chi connectivity index (χ2v) is 6.99. The number of halogens is 1. The Morgan fingerprint density at radius 1 is 1.41 bits per heavy atom. The molecule has 9 heteroatoms. The van der Waals surface area contributed by atoms with Crippen LogP contribution in [-0.4, -0.2) is 54.8 Å². The number of aryl methyl sites for hydroxylation is 1. The zero-order chi connectivity index (χ0) is 15.3. The van der Waals surface area contributed by atoms with Crippen LogP contribution in [0.25, 0.3) is 0 Å². The first-order valence-corrected chi connectivity index (χ1v) is 8.87. The minimum absolute atomic E-state index is 0. The highest BCUT2D eigenvalue weighted by Crippen LogP contribution is 2.22. The van der Waals surface area contributed by atoms with Crippen LogP contribution in [0.1, 0.15) is 26.2 Å². The van der Waals surface area contributed by atoms with Gasteiger partial charge in [0.1, 0.15) is 0 Å². The number of hydrogen-bond donors (Lipinski definition) is 1. The molecule has 1 aliphatic rings. The monoisotopic (exact) mass is 352 g/mol. The van der Waals surface area contributed by atoms with Crippen LogP contribution in [-0.2, 0) is 21.3 Å². The maximum atomic E-state index is 12.6. The zero-order valence-corrected chi connectivity index (χ0v) is 14.5. The van der Waals surface area contributed by atoms with Crippen molar-refractivity contribution in [3.05, 3.63) is 12.3 Å². The molecule has 0 aromatic carbocycles. The Morgan fingerprint density at radius 3 is 2.68 bits per heavy atom. The van der Waals surface area contributed by atoms with Crippen molar-refractivity contribution in [3.63, 3.8) is 0 Å². The number of nitrogens with zero attached hydrogens (tertiary/aromatic N) is 3. The molecule has 1 aromatic rings. The van der Waals surface area contributed by atoms with Gasteiger partial charge in [-0.3, -0.25) is 4.68 Å². The molecule has 0 aliphatic carbocycles. The van der Waals surface area contributed by atoms with Crippen LogP contribution in [0.5, 0.6) is 0 Å². The molecule has 1 fully saturated rings. The Morgan fingerprint density at radius 2 is 2.09 bits per heavy atom. The summed E-state index contributed by atoms with van der Waals surface area (Å²) >= 11 is 0. The minimum atomic E-state index is -3.45. The molecular formula is C13H25ClN4O3S. The van der Waals surface area contributed by atoms with Crippen LogP contribution in [0, 0.1) is 0 Å². The summed E-state index contributed by atoms with van der Waals surface area (Å²) in [6.45, 7) is 4.67. The van der Waals surface area contributed by atoms with E-state index in [2.05, 4.69) is 5.10 Å². The lowest BCUT2D eigenvalue weighted by molar-refractivity contribution is 0.0208. The molecule has 0 atom stereocenters. The lowest BCUT2D eigenvalue weighted by atomic mass is 10.1. The van der Waals surface area contributed by atoms with Gasteiger partial charge in [0.25, 0.3) is 10.0 Å². The van der Waals surface area contributed by atoms with Crippen molar-refractivity contribution in [2.24, 2.45) is 5.73 Å². The Balaban J connectivity index is 0.00000242. The third kappa shape index (κ3) is 4.42. The maximum absolute atomic E-state index is 12.6. The standard InChI is InChI=1S/C13H24N4O3S.ClH/c1-2-17-13(4-8-15-17)21(18,19)16-9-5-12(6-10-16)20-11-3-7-14;/h4,8,12H,2-3,5-7,9-11,14H2,1H3;1H. The highest BCUT2D eigenvalue weighted by molar-refractivity contribution is 7.89. The number of rotatable bonds is 7. The Kier molecular flexibility index (Phi) is 7.78. The number of sulfonamides is 1. The number of ether oxygens (including phenoxy) is 1. The van der Waals surface area contributed by atoms with Crippen molar-refractivity contribution in [2.45, 2.75) is 43.9 Å². The summed E-state index contributed by atoms with van der Waals surface area (Å²) in [7, 11) is -3.45. The van der Waals surface area contributed by atoms with E-state index in [1.807, 2.05) is 6.92 Å². The normalized spacial score (nSPS) is 17.4. The summed E-state index contributed by atoms with van der Waals surface area (Å²) in [5.74, 6) is 0. The predicted octanol–water partition coefficient (Wildman–Crippen LogP) is 0.843. The van der Waals surface area contributed by atoms with E-state index in [1.165, 1.54) is 15.2 Å². The van der Waals surface area contributed by atoms with Crippen LogP contribution in [0.3, 0.4) is 0 Å². The second-order valence-electron chi connectivity index (χ2n) is 5.10. The fourth-order valence-corrected chi connectivity index (χ4v) is 4.11. The van der Waals surface area contributed by atoms with Crippen LogP contribution in [0.2, 0.25) is 0 Å². The Labute approximate surface area is 138 Å². The molecule has 1 aromatic heterocycles. The highest BCUT2D eigenvalue weighted by atomic mass is 35.5. The lowest BCUT2D eigenvalue weighted by Gasteiger charge is -2.31. The van der Waals surface area contributed by atoms with Gasteiger partial charge >= 0.3 is 0 Å². The van der Waals surface area contributed by atoms with Gasteiger partial charge in [0.05, 0.1) is 12.3 Å². The van der Waals surface area contributed by atoms with Crippen molar-refractivity contribution < 1.29 is 13.2 Å². The van der Waals surface area contributed by atoms with E-state index in [0.29, 0.717) is 32.8 Å². The Hall–Kier alpha value is -0.670. The van der Waals surface area contributed by atoms with Gasteiger partial charge in [-0.15, -0.1) is 12.4 Å². The van der Waals surface area contributed by atoms with Gasteiger partial charge in [0.15, 0.2) is 5.03 Å². The second kappa shape index (κ2) is 8.83. The van der Waals surface area contributed by atoms with Gasteiger partial charge < -0.3 is 10.5 Å². The van der Waals surface area contributed by atoms with Gasteiger partial charge in [-0.1, -0.05) is 0 Å². The average molecular weight is 353 g/mol. The van der Waals surface area contributed by atoms with E-state index in [0.717, 1.165) is 19.3 Å². The third-order valence-electron chi connectivity index (χ3n) is 3.68. The van der Waals surface area contributed by atoms with Gasteiger partial charge in [-0.05, 0) is 38.8 Å². The minimum Gasteiger partial charge on any atom is -0.378 e. The van der Waals surface area contributed by atoms with Gasteiger partial charge in [0.2, 0.25) is 0 Å². The quantitative estimate of drug-likeness (QED) is 0.734. The van der Waals surface area contributed by atoms with Crippen molar-refractivity contribution in [1.82, 2.24) is 14.1 Å². The fraction of sp³-hybridized carbons (Fsp3) is 0.769. The van der Waals surface area contributed by atoms with Crippen molar-refractivity contribution in [3.8, 4) is 0 Å². The van der Waals surface area contributed by atoms with Crippen LogP contribution in [0.15, 0.2) is 17.3 Å². The van der Waals surface area contributed by atoms with Crippen molar-refractivity contribution >= 4 is 22.4 Å². The van der Waals surface area contributed by atoms with Gasteiger partial charge in [-0.25, -0.2) is 8.42 Å². The molecule has 128 valence electrons. The van der Waals surface area contributed by atoms with E-state index >= 15 is 0 Å². The maximum Gasteiger partial charge on any atom is 0.260 e. The molecule has 7 nitrogen and oxygen atoms in total.